The molecule has 4 nitrogen and oxygen atoms in total. The summed E-state index contributed by atoms with van der Waals surface area (Å²) in [7, 11) is 0. The highest BCUT2D eigenvalue weighted by molar-refractivity contribution is 6.04. The van der Waals surface area contributed by atoms with Crippen LogP contribution < -0.4 is 10.0 Å². The Balaban J connectivity index is 2.22. The second kappa shape index (κ2) is 5.52. The average molecular weight is 256 g/mol. The molecular weight excluding hydrogens is 240 g/mol. The molecule has 1 amide bonds. The molecule has 1 aromatic carbocycles. The van der Waals surface area contributed by atoms with Gasteiger partial charge in [0.1, 0.15) is 0 Å². The lowest BCUT2D eigenvalue weighted by Gasteiger charge is -2.13. The molecule has 2 rings (SSSR count). The molecule has 1 N–H and O–H groups in total. The lowest BCUT2D eigenvalue weighted by atomic mass is 10.0. The van der Waals surface area contributed by atoms with Gasteiger partial charge in [0, 0.05) is 17.8 Å². The van der Waals surface area contributed by atoms with Crippen LogP contribution in [-0.2, 0) is 0 Å². The van der Waals surface area contributed by atoms with Crippen molar-refractivity contribution in [2.24, 2.45) is 0 Å². The first-order chi connectivity index (χ1) is 9.08. The third-order valence-corrected chi connectivity index (χ3v) is 2.90. The first-order valence-electron chi connectivity index (χ1n) is 6.17. The Morgan fingerprint density at radius 3 is 2.42 bits per heavy atom. The molecule has 0 unspecified atom stereocenters. The van der Waals surface area contributed by atoms with Gasteiger partial charge in [-0.2, -0.15) is 4.73 Å². The number of pyridine rings is 1. The van der Waals surface area contributed by atoms with E-state index in [1.165, 1.54) is 24.5 Å². The zero-order valence-electron chi connectivity index (χ0n) is 11.0. The molecule has 0 radical (unpaired) electrons. The third-order valence-electron chi connectivity index (χ3n) is 2.90. The Labute approximate surface area is 112 Å². The van der Waals surface area contributed by atoms with Crippen molar-refractivity contribution in [1.82, 2.24) is 0 Å². The van der Waals surface area contributed by atoms with Gasteiger partial charge < -0.3 is 10.5 Å². The summed E-state index contributed by atoms with van der Waals surface area (Å²) in [5, 5.41) is 13.8. The Kier molecular flexibility index (Phi) is 3.80. The molecule has 0 aliphatic carbocycles. The fraction of sp³-hybridized carbons (Fsp3) is 0.200. The zero-order chi connectivity index (χ0) is 13.8. The summed E-state index contributed by atoms with van der Waals surface area (Å²) in [5.41, 5.74) is 2.36. The van der Waals surface area contributed by atoms with Crippen LogP contribution in [0, 0.1) is 5.21 Å². The number of nitrogens with one attached hydrogen (secondary N) is 1. The largest absolute Gasteiger partial charge is 0.619 e. The SMILES string of the molecule is CC(C)c1ccccc1NC(=O)c1cc[n+]([O-])cc1. The van der Waals surface area contributed by atoms with E-state index in [1.807, 2.05) is 24.3 Å². The maximum Gasteiger partial charge on any atom is 0.256 e. The van der Waals surface area contributed by atoms with E-state index < -0.39 is 0 Å². The van der Waals surface area contributed by atoms with E-state index in [9.17, 15) is 10.0 Å². The van der Waals surface area contributed by atoms with Gasteiger partial charge >= 0.3 is 0 Å². The number of hydrogen-bond donors (Lipinski definition) is 1. The molecule has 0 atom stereocenters. The minimum absolute atomic E-state index is 0.214. The number of aromatic nitrogens is 1. The molecule has 0 fully saturated rings. The number of rotatable bonds is 3. The van der Waals surface area contributed by atoms with E-state index in [0.29, 0.717) is 16.2 Å². The van der Waals surface area contributed by atoms with Crippen LogP contribution in [0.5, 0.6) is 0 Å². The monoisotopic (exact) mass is 256 g/mol. The molecule has 4 heteroatoms. The summed E-state index contributed by atoms with van der Waals surface area (Å²) in [4.78, 5) is 12.1. The number of carbonyl (C=O) groups excluding carboxylic acids is 1. The summed E-state index contributed by atoms with van der Waals surface area (Å²) in [6.45, 7) is 4.15. The van der Waals surface area contributed by atoms with Crippen molar-refractivity contribution in [3.63, 3.8) is 0 Å². The average Bonchev–Trinajstić information content (AvgIpc) is 2.39. The summed E-state index contributed by atoms with van der Waals surface area (Å²) < 4.78 is 0.652. The minimum atomic E-state index is -0.214. The van der Waals surface area contributed by atoms with Crippen LogP contribution in [0.4, 0.5) is 5.69 Å². The number of para-hydroxylation sites is 1. The first-order valence-corrected chi connectivity index (χ1v) is 6.17. The van der Waals surface area contributed by atoms with Crippen LogP contribution in [0.1, 0.15) is 35.7 Å². The van der Waals surface area contributed by atoms with E-state index in [1.54, 1.807) is 0 Å². The maximum absolute atomic E-state index is 12.1. The predicted molar refractivity (Wildman–Crippen MR) is 73.9 cm³/mol. The molecule has 2 aromatic rings. The summed E-state index contributed by atoms with van der Waals surface area (Å²) in [5.74, 6) is 0.116. The van der Waals surface area contributed by atoms with E-state index >= 15 is 0 Å². The van der Waals surface area contributed by atoms with Gasteiger partial charge in [0.05, 0.1) is 5.56 Å². The quantitative estimate of drug-likeness (QED) is 0.678. The predicted octanol–water partition coefficient (Wildman–Crippen LogP) is 2.70. The van der Waals surface area contributed by atoms with Gasteiger partial charge in [-0.05, 0) is 17.5 Å². The summed E-state index contributed by atoms with van der Waals surface area (Å²) >= 11 is 0. The number of anilines is 1. The van der Waals surface area contributed by atoms with Gasteiger partial charge in [-0.3, -0.25) is 4.79 Å². The molecular formula is C15H16N2O2. The van der Waals surface area contributed by atoms with E-state index in [2.05, 4.69) is 19.2 Å². The molecule has 0 spiro atoms. The smallest absolute Gasteiger partial charge is 0.256 e. The molecule has 1 heterocycles. The lowest BCUT2D eigenvalue weighted by molar-refractivity contribution is -0.605. The Morgan fingerprint density at radius 2 is 1.79 bits per heavy atom. The standard InChI is InChI=1S/C15H16N2O2/c1-11(2)13-5-3-4-6-14(13)16-15(18)12-7-9-17(19)10-8-12/h3-11H,1-2H3,(H,16,18). The van der Waals surface area contributed by atoms with E-state index in [0.717, 1.165) is 11.3 Å². The highest BCUT2D eigenvalue weighted by atomic mass is 16.5. The zero-order valence-corrected chi connectivity index (χ0v) is 11.0. The van der Waals surface area contributed by atoms with Gasteiger partial charge in [0.15, 0.2) is 12.4 Å². The van der Waals surface area contributed by atoms with E-state index in [4.69, 9.17) is 0 Å². The summed E-state index contributed by atoms with van der Waals surface area (Å²) in [6, 6.07) is 10.7. The lowest BCUT2D eigenvalue weighted by Crippen LogP contribution is -2.25. The van der Waals surface area contributed by atoms with Crippen LogP contribution >= 0.6 is 0 Å². The van der Waals surface area contributed by atoms with Crippen LogP contribution in [0.25, 0.3) is 0 Å². The van der Waals surface area contributed by atoms with Crippen molar-refractivity contribution in [3.8, 4) is 0 Å². The van der Waals surface area contributed by atoms with Crippen LogP contribution in [0.2, 0.25) is 0 Å². The molecule has 0 saturated heterocycles. The Morgan fingerprint density at radius 1 is 1.16 bits per heavy atom. The number of hydrogen-bond acceptors (Lipinski definition) is 2. The normalized spacial score (nSPS) is 10.5. The van der Waals surface area contributed by atoms with Crippen molar-refractivity contribution >= 4 is 11.6 Å². The molecule has 19 heavy (non-hydrogen) atoms. The number of carbonyl (C=O) groups is 1. The second-order valence-corrected chi connectivity index (χ2v) is 4.64. The van der Waals surface area contributed by atoms with Gasteiger partial charge in [0.25, 0.3) is 5.91 Å². The molecule has 0 saturated carbocycles. The van der Waals surface area contributed by atoms with Gasteiger partial charge in [-0.15, -0.1) is 0 Å². The highest BCUT2D eigenvalue weighted by Gasteiger charge is 2.11. The van der Waals surface area contributed by atoms with Crippen LogP contribution in [-0.4, -0.2) is 5.91 Å². The van der Waals surface area contributed by atoms with Gasteiger partial charge in [0.2, 0.25) is 0 Å². The Hall–Kier alpha value is -2.36. The molecule has 0 aliphatic rings. The van der Waals surface area contributed by atoms with E-state index in [-0.39, 0.29) is 5.91 Å². The minimum Gasteiger partial charge on any atom is -0.619 e. The second-order valence-electron chi connectivity index (χ2n) is 4.64. The number of amides is 1. The van der Waals surface area contributed by atoms with Crippen LogP contribution in [0.3, 0.4) is 0 Å². The van der Waals surface area contributed by atoms with Gasteiger partial charge in [-0.1, -0.05) is 32.0 Å². The number of benzene rings is 1. The van der Waals surface area contributed by atoms with Crippen molar-refractivity contribution < 1.29 is 9.52 Å². The summed E-state index contributed by atoms with van der Waals surface area (Å²) in [6.07, 6.45) is 2.62. The fourth-order valence-corrected chi connectivity index (χ4v) is 1.87. The van der Waals surface area contributed by atoms with Crippen molar-refractivity contribution in [3.05, 3.63) is 65.1 Å². The molecule has 0 bridgehead atoms. The van der Waals surface area contributed by atoms with Gasteiger partial charge in [-0.25, -0.2) is 0 Å². The Bertz CT molecular complexity index is 577. The third kappa shape index (κ3) is 3.10. The molecule has 0 aliphatic heterocycles. The van der Waals surface area contributed by atoms with Crippen LogP contribution in [0.15, 0.2) is 48.8 Å². The molecule has 98 valence electrons. The highest BCUT2D eigenvalue weighted by Crippen LogP contribution is 2.24. The van der Waals surface area contributed by atoms with Crippen molar-refractivity contribution in [1.29, 1.82) is 0 Å². The number of nitrogens with zero attached hydrogens (tertiary/aromatic N) is 1. The topological polar surface area (TPSA) is 56.0 Å². The maximum atomic E-state index is 12.1. The van der Waals surface area contributed by atoms with Crippen molar-refractivity contribution in [2.45, 2.75) is 19.8 Å². The van der Waals surface area contributed by atoms with Crippen molar-refractivity contribution in [2.75, 3.05) is 5.32 Å². The first kappa shape index (κ1) is 13.1. The fourth-order valence-electron chi connectivity index (χ4n) is 1.87. The molecule has 1 aromatic heterocycles.